The van der Waals surface area contributed by atoms with E-state index < -0.39 is 0 Å². The van der Waals surface area contributed by atoms with Crippen molar-refractivity contribution in [2.75, 3.05) is 5.32 Å². The Morgan fingerprint density at radius 1 is 1.08 bits per heavy atom. The molecule has 1 amide bonds. The van der Waals surface area contributed by atoms with Crippen LogP contribution >= 0.6 is 11.8 Å². The molecule has 0 saturated heterocycles. The van der Waals surface area contributed by atoms with E-state index in [1.807, 2.05) is 80.1 Å². The molecule has 0 aliphatic heterocycles. The number of para-hydroxylation sites is 1. The van der Waals surface area contributed by atoms with Gasteiger partial charge in [-0.2, -0.15) is 0 Å². The molecule has 0 aliphatic rings. The van der Waals surface area contributed by atoms with Crippen LogP contribution < -0.4 is 5.32 Å². The van der Waals surface area contributed by atoms with Gasteiger partial charge >= 0.3 is 0 Å². The Morgan fingerprint density at radius 2 is 1.76 bits per heavy atom. The van der Waals surface area contributed by atoms with Gasteiger partial charge in [0.05, 0.1) is 5.25 Å². The predicted octanol–water partition coefficient (Wildman–Crippen LogP) is 3.91. The lowest BCUT2D eigenvalue weighted by Crippen LogP contribution is -2.23. The summed E-state index contributed by atoms with van der Waals surface area (Å²) in [4.78, 5) is 12.6. The summed E-state index contributed by atoms with van der Waals surface area (Å²) in [6, 6.07) is 17.8. The third-order valence-electron chi connectivity index (χ3n) is 3.97. The van der Waals surface area contributed by atoms with Crippen LogP contribution in [0.5, 0.6) is 0 Å². The Hall–Kier alpha value is -2.60. The molecular weight excluding hydrogens is 332 g/mol. The zero-order valence-corrected chi connectivity index (χ0v) is 15.2. The normalized spacial score (nSPS) is 12.0. The van der Waals surface area contributed by atoms with Gasteiger partial charge < -0.3 is 9.88 Å². The molecule has 1 atom stereocenters. The minimum absolute atomic E-state index is 0.0611. The molecule has 1 aromatic heterocycles. The fraction of sp³-hybridized carbons (Fsp3) is 0.211. The molecule has 3 aromatic rings. The Kier molecular flexibility index (Phi) is 5.19. The average Bonchev–Trinajstić information content (AvgIpc) is 2.95. The quantitative estimate of drug-likeness (QED) is 0.707. The first kappa shape index (κ1) is 17.2. The van der Waals surface area contributed by atoms with E-state index >= 15 is 0 Å². The van der Waals surface area contributed by atoms with Gasteiger partial charge in [0.1, 0.15) is 5.82 Å². The van der Waals surface area contributed by atoms with Crippen LogP contribution in [0, 0.1) is 6.92 Å². The first-order valence-corrected chi connectivity index (χ1v) is 8.92. The third-order valence-corrected chi connectivity index (χ3v) is 5.11. The minimum Gasteiger partial charge on any atom is -0.325 e. The third kappa shape index (κ3) is 3.91. The predicted molar refractivity (Wildman–Crippen MR) is 102 cm³/mol. The highest BCUT2D eigenvalue weighted by atomic mass is 32.2. The second kappa shape index (κ2) is 7.53. The molecule has 0 fully saturated rings. The monoisotopic (exact) mass is 352 g/mol. The Morgan fingerprint density at radius 3 is 2.44 bits per heavy atom. The lowest BCUT2D eigenvalue weighted by molar-refractivity contribution is -0.115. The number of nitrogens with one attached hydrogen (secondary N) is 1. The molecule has 3 rings (SSSR count). The van der Waals surface area contributed by atoms with E-state index in [4.69, 9.17) is 0 Å². The molecule has 0 unspecified atom stereocenters. The molecule has 1 heterocycles. The van der Waals surface area contributed by atoms with Crippen LogP contribution in [0.2, 0.25) is 0 Å². The van der Waals surface area contributed by atoms with Gasteiger partial charge in [0.25, 0.3) is 0 Å². The zero-order chi connectivity index (χ0) is 17.8. The summed E-state index contributed by atoms with van der Waals surface area (Å²) in [5.74, 6) is 0.763. The first-order chi connectivity index (χ1) is 12.1. The largest absolute Gasteiger partial charge is 0.325 e. The van der Waals surface area contributed by atoms with Crippen LogP contribution in [0.15, 0.2) is 59.8 Å². The number of hydrogen-bond acceptors (Lipinski definition) is 4. The van der Waals surface area contributed by atoms with Crippen LogP contribution in [0.4, 0.5) is 5.69 Å². The van der Waals surface area contributed by atoms with Gasteiger partial charge in [0.2, 0.25) is 5.91 Å². The summed E-state index contributed by atoms with van der Waals surface area (Å²) in [5.41, 5.74) is 2.88. The van der Waals surface area contributed by atoms with Gasteiger partial charge in [-0.15, -0.1) is 10.2 Å². The number of carbonyl (C=O) groups excluding carboxylic acids is 1. The summed E-state index contributed by atoms with van der Waals surface area (Å²) in [6.07, 6.45) is 0. The molecule has 0 aliphatic carbocycles. The number of benzene rings is 2. The molecular formula is C19H20N4OS. The molecule has 25 heavy (non-hydrogen) atoms. The van der Waals surface area contributed by atoms with Crippen LogP contribution in [0.1, 0.15) is 12.7 Å². The molecule has 6 heteroatoms. The van der Waals surface area contributed by atoms with Crippen molar-refractivity contribution in [3.8, 4) is 11.1 Å². The lowest BCUT2D eigenvalue weighted by atomic mass is 10.0. The molecule has 0 spiro atoms. The maximum Gasteiger partial charge on any atom is 0.237 e. The molecule has 1 N–H and O–H groups in total. The van der Waals surface area contributed by atoms with Crippen molar-refractivity contribution in [2.24, 2.45) is 7.05 Å². The van der Waals surface area contributed by atoms with E-state index in [9.17, 15) is 4.79 Å². The summed E-state index contributed by atoms with van der Waals surface area (Å²) in [6.45, 7) is 3.76. The van der Waals surface area contributed by atoms with E-state index in [0.717, 1.165) is 27.8 Å². The molecule has 0 radical (unpaired) electrons. The molecule has 0 bridgehead atoms. The average molecular weight is 352 g/mol. The number of nitrogens with zero attached hydrogens (tertiary/aromatic N) is 3. The smallest absolute Gasteiger partial charge is 0.237 e. The van der Waals surface area contributed by atoms with Crippen LogP contribution in [0.25, 0.3) is 11.1 Å². The zero-order valence-electron chi connectivity index (χ0n) is 14.4. The summed E-state index contributed by atoms with van der Waals surface area (Å²) in [5, 5.41) is 11.6. The number of amides is 1. The minimum atomic E-state index is -0.286. The van der Waals surface area contributed by atoms with Crippen molar-refractivity contribution in [3.63, 3.8) is 0 Å². The highest BCUT2D eigenvalue weighted by Gasteiger charge is 2.19. The van der Waals surface area contributed by atoms with Crippen LogP contribution in [0.3, 0.4) is 0 Å². The van der Waals surface area contributed by atoms with Gasteiger partial charge in [-0.05, 0) is 25.5 Å². The van der Waals surface area contributed by atoms with E-state index in [1.165, 1.54) is 11.8 Å². The van der Waals surface area contributed by atoms with Crippen LogP contribution in [-0.4, -0.2) is 25.9 Å². The highest BCUT2D eigenvalue weighted by molar-refractivity contribution is 8.00. The second-order valence-electron chi connectivity index (χ2n) is 5.75. The van der Waals surface area contributed by atoms with Crippen molar-refractivity contribution in [1.82, 2.24) is 14.8 Å². The Bertz CT molecular complexity index is 876. The number of aromatic nitrogens is 3. The topological polar surface area (TPSA) is 59.8 Å². The standard InChI is InChI=1S/C19H20N4OS/c1-13(25-19-22-21-14(2)23(19)3)18(24)20-17-12-8-7-11-16(17)15-9-5-4-6-10-15/h4-13H,1-3H3,(H,20,24)/t13-/m1/s1. The van der Waals surface area contributed by atoms with Gasteiger partial charge in [0.15, 0.2) is 5.16 Å². The number of rotatable bonds is 5. The van der Waals surface area contributed by atoms with E-state index in [1.54, 1.807) is 0 Å². The van der Waals surface area contributed by atoms with Crippen LogP contribution in [-0.2, 0) is 11.8 Å². The number of hydrogen-bond donors (Lipinski definition) is 1. The Balaban J connectivity index is 1.76. The molecule has 0 saturated carbocycles. The fourth-order valence-electron chi connectivity index (χ4n) is 2.40. The fourth-order valence-corrected chi connectivity index (χ4v) is 3.26. The first-order valence-electron chi connectivity index (χ1n) is 8.04. The van der Waals surface area contributed by atoms with Crippen molar-refractivity contribution in [3.05, 3.63) is 60.4 Å². The van der Waals surface area contributed by atoms with E-state index in [2.05, 4.69) is 15.5 Å². The van der Waals surface area contributed by atoms with E-state index in [-0.39, 0.29) is 11.2 Å². The Labute approximate surface area is 151 Å². The number of thioether (sulfide) groups is 1. The van der Waals surface area contributed by atoms with Crippen molar-refractivity contribution in [2.45, 2.75) is 24.3 Å². The van der Waals surface area contributed by atoms with E-state index in [0.29, 0.717) is 0 Å². The van der Waals surface area contributed by atoms with Gasteiger partial charge in [-0.25, -0.2) is 0 Å². The van der Waals surface area contributed by atoms with Crippen molar-refractivity contribution < 1.29 is 4.79 Å². The SMILES string of the molecule is Cc1nnc(S[C@H](C)C(=O)Nc2ccccc2-c2ccccc2)n1C. The maximum absolute atomic E-state index is 12.6. The highest BCUT2D eigenvalue weighted by Crippen LogP contribution is 2.29. The molecule has 2 aromatic carbocycles. The van der Waals surface area contributed by atoms with Gasteiger partial charge in [-0.1, -0.05) is 60.3 Å². The lowest BCUT2D eigenvalue weighted by Gasteiger charge is -2.14. The summed E-state index contributed by atoms with van der Waals surface area (Å²) >= 11 is 1.40. The van der Waals surface area contributed by atoms with Gasteiger partial charge in [-0.3, -0.25) is 4.79 Å². The summed E-state index contributed by atoms with van der Waals surface area (Å²) < 4.78 is 1.88. The second-order valence-corrected chi connectivity index (χ2v) is 7.06. The van der Waals surface area contributed by atoms with Crippen molar-refractivity contribution >= 4 is 23.4 Å². The molecule has 128 valence electrons. The summed E-state index contributed by atoms with van der Waals surface area (Å²) in [7, 11) is 1.90. The number of carbonyl (C=O) groups is 1. The molecule has 5 nitrogen and oxygen atoms in total. The maximum atomic E-state index is 12.6. The number of anilines is 1. The van der Waals surface area contributed by atoms with Crippen molar-refractivity contribution in [1.29, 1.82) is 0 Å². The number of aryl methyl sites for hydroxylation is 1. The van der Waals surface area contributed by atoms with Gasteiger partial charge in [0, 0.05) is 18.3 Å².